The molecule has 2 N–H and O–H groups in total. The standard InChI is InChI=1S/C11H16N4O/c1-4-6-15(7-5-2)11(16)10-9(12)8-14(3)13-10/h1,8H,5-7,12H2,2-3H3. The molecule has 0 saturated heterocycles. The van der Waals surface area contributed by atoms with Gasteiger partial charge in [-0.3, -0.25) is 9.48 Å². The molecular formula is C11H16N4O. The number of nitrogens with two attached hydrogens (primary N) is 1. The van der Waals surface area contributed by atoms with Crippen LogP contribution in [0.5, 0.6) is 0 Å². The zero-order chi connectivity index (χ0) is 12.1. The monoisotopic (exact) mass is 220 g/mol. The molecule has 0 bridgehead atoms. The van der Waals surface area contributed by atoms with Crippen LogP contribution in [-0.4, -0.2) is 33.7 Å². The SMILES string of the molecule is C#CCN(CCC)C(=O)c1nn(C)cc1N. The van der Waals surface area contributed by atoms with E-state index in [1.807, 2.05) is 6.92 Å². The van der Waals surface area contributed by atoms with E-state index in [1.54, 1.807) is 18.1 Å². The molecule has 1 rings (SSSR count). The molecule has 0 radical (unpaired) electrons. The Bertz CT molecular complexity index is 416. The first kappa shape index (κ1) is 12.1. The highest BCUT2D eigenvalue weighted by molar-refractivity contribution is 5.97. The minimum atomic E-state index is -0.210. The Morgan fingerprint density at radius 1 is 1.75 bits per heavy atom. The van der Waals surface area contributed by atoms with Gasteiger partial charge in [-0.05, 0) is 6.42 Å². The molecule has 0 aliphatic carbocycles. The zero-order valence-electron chi connectivity index (χ0n) is 9.60. The fourth-order valence-electron chi connectivity index (χ4n) is 1.46. The number of nitrogens with zero attached hydrogens (tertiary/aromatic N) is 3. The summed E-state index contributed by atoms with van der Waals surface area (Å²) in [6.45, 7) is 2.88. The predicted octanol–water partition coefficient (Wildman–Crippen LogP) is 0.488. The second-order valence-electron chi connectivity index (χ2n) is 3.54. The molecule has 1 aromatic heterocycles. The van der Waals surface area contributed by atoms with Gasteiger partial charge in [0, 0.05) is 19.8 Å². The predicted molar refractivity (Wildman–Crippen MR) is 62.6 cm³/mol. The van der Waals surface area contributed by atoms with Gasteiger partial charge in [0.1, 0.15) is 0 Å². The van der Waals surface area contributed by atoms with Crippen molar-refractivity contribution in [1.82, 2.24) is 14.7 Å². The van der Waals surface area contributed by atoms with E-state index < -0.39 is 0 Å². The minimum Gasteiger partial charge on any atom is -0.396 e. The molecule has 5 nitrogen and oxygen atoms in total. The lowest BCUT2D eigenvalue weighted by Gasteiger charge is -2.18. The number of anilines is 1. The second kappa shape index (κ2) is 5.21. The second-order valence-corrected chi connectivity index (χ2v) is 3.54. The van der Waals surface area contributed by atoms with Crippen molar-refractivity contribution in [2.45, 2.75) is 13.3 Å². The van der Waals surface area contributed by atoms with Crippen LogP contribution in [0.25, 0.3) is 0 Å². The lowest BCUT2D eigenvalue weighted by molar-refractivity contribution is 0.0771. The van der Waals surface area contributed by atoms with Gasteiger partial charge in [0.2, 0.25) is 0 Å². The quantitative estimate of drug-likeness (QED) is 0.751. The Labute approximate surface area is 95.2 Å². The summed E-state index contributed by atoms with van der Waals surface area (Å²) in [5.41, 5.74) is 6.34. The molecule has 0 fully saturated rings. The molecule has 5 heteroatoms. The summed E-state index contributed by atoms with van der Waals surface area (Å²) in [5.74, 6) is 2.25. The normalized spacial score (nSPS) is 9.81. The van der Waals surface area contributed by atoms with E-state index in [0.29, 0.717) is 12.2 Å². The van der Waals surface area contributed by atoms with E-state index in [-0.39, 0.29) is 18.1 Å². The third-order valence-electron chi connectivity index (χ3n) is 2.12. The highest BCUT2D eigenvalue weighted by Crippen LogP contribution is 2.11. The van der Waals surface area contributed by atoms with E-state index in [0.717, 1.165) is 6.42 Å². The van der Waals surface area contributed by atoms with Crippen molar-refractivity contribution in [3.05, 3.63) is 11.9 Å². The number of carbonyl (C=O) groups is 1. The van der Waals surface area contributed by atoms with Crippen LogP contribution < -0.4 is 5.73 Å². The van der Waals surface area contributed by atoms with Gasteiger partial charge in [0.25, 0.3) is 5.91 Å². The number of terminal acetylenes is 1. The smallest absolute Gasteiger partial charge is 0.277 e. The molecule has 0 unspecified atom stereocenters. The maximum Gasteiger partial charge on any atom is 0.277 e. The maximum atomic E-state index is 12.0. The van der Waals surface area contributed by atoms with Gasteiger partial charge < -0.3 is 10.6 Å². The van der Waals surface area contributed by atoms with Crippen LogP contribution in [0.2, 0.25) is 0 Å². The van der Waals surface area contributed by atoms with E-state index >= 15 is 0 Å². The van der Waals surface area contributed by atoms with Gasteiger partial charge in [-0.15, -0.1) is 6.42 Å². The molecule has 16 heavy (non-hydrogen) atoms. The van der Waals surface area contributed by atoms with Crippen molar-refractivity contribution in [1.29, 1.82) is 0 Å². The molecule has 86 valence electrons. The van der Waals surface area contributed by atoms with E-state index in [9.17, 15) is 4.79 Å². The summed E-state index contributed by atoms with van der Waals surface area (Å²) < 4.78 is 1.52. The minimum absolute atomic E-state index is 0.210. The van der Waals surface area contributed by atoms with Crippen LogP contribution in [0.1, 0.15) is 23.8 Å². The number of carbonyl (C=O) groups excluding carboxylic acids is 1. The van der Waals surface area contributed by atoms with Crippen LogP contribution in [0.15, 0.2) is 6.20 Å². The van der Waals surface area contributed by atoms with Gasteiger partial charge in [-0.1, -0.05) is 12.8 Å². The fraction of sp³-hybridized carbons (Fsp3) is 0.455. The summed E-state index contributed by atoms with van der Waals surface area (Å²) >= 11 is 0. The van der Waals surface area contributed by atoms with Crippen molar-refractivity contribution in [3.63, 3.8) is 0 Å². The Morgan fingerprint density at radius 2 is 2.44 bits per heavy atom. The molecule has 0 atom stereocenters. The Hall–Kier alpha value is -1.96. The first-order valence-corrected chi connectivity index (χ1v) is 5.12. The summed E-state index contributed by atoms with van der Waals surface area (Å²) in [6, 6.07) is 0. The lowest BCUT2D eigenvalue weighted by atomic mass is 10.3. The van der Waals surface area contributed by atoms with Gasteiger partial charge >= 0.3 is 0 Å². The highest BCUT2D eigenvalue weighted by Gasteiger charge is 2.19. The molecule has 1 heterocycles. The molecule has 0 spiro atoms. The summed E-state index contributed by atoms with van der Waals surface area (Å²) in [4.78, 5) is 13.6. The van der Waals surface area contributed by atoms with Crippen molar-refractivity contribution < 1.29 is 4.79 Å². The van der Waals surface area contributed by atoms with Crippen molar-refractivity contribution >= 4 is 11.6 Å². The van der Waals surface area contributed by atoms with Gasteiger partial charge in [-0.25, -0.2) is 0 Å². The summed E-state index contributed by atoms with van der Waals surface area (Å²) in [7, 11) is 1.72. The van der Waals surface area contributed by atoms with Gasteiger partial charge in [0.15, 0.2) is 5.69 Å². The van der Waals surface area contributed by atoms with Crippen LogP contribution in [0.3, 0.4) is 0 Å². The molecule has 0 aliphatic heterocycles. The molecule has 1 aromatic rings. The molecule has 1 amide bonds. The zero-order valence-corrected chi connectivity index (χ0v) is 9.60. The van der Waals surface area contributed by atoms with Crippen LogP contribution in [-0.2, 0) is 7.05 Å². The molecule has 0 aliphatic rings. The van der Waals surface area contributed by atoms with E-state index in [4.69, 9.17) is 12.2 Å². The molecular weight excluding hydrogens is 204 g/mol. The third-order valence-corrected chi connectivity index (χ3v) is 2.12. The van der Waals surface area contributed by atoms with Crippen molar-refractivity contribution in [2.24, 2.45) is 7.05 Å². The average Bonchev–Trinajstić information content (AvgIpc) is 2.56. The van der Waals surface area contributed by atoms with E-state index in [2.05, 4.69) is 11.0 Å². The number of nitrogen functional groups attached to an aromatic ring is 1. The maximum absolute atomic E-state index is 12.0. The van der Waals surface area contributed by atoms with Gasteiger partial charge in [0.05, 0.1) is 12.2 Å². The average molecular weight is 220 g/mol. The Morgan fingerprint density at radius 3 is 2.88 bits per heavy atom. The topological polar surface area (TPSA) is 64.2 Å². The van der Waals surface area contributed by atoms with Crippen LogP contribution >= 0.6 is 0 Å². The van der Waals surface area contributed by atoms with Crippen LogP contribution in [0.4, 0.5) is 5.69 Å². The summed E-state index contributed by atoms with van der Waals surface area (Å²) in [5, 5.41) is 4.03. The number of amides is 1. The number of rotatable bonds is 4. The Balaban J connectivity index is 2.90. The summed E-state index contributed by atoms with van der Waals surface area (Å²) in [6.07, 6.45) is 7.67. The fourth-order valence-corrected chi connectivity index (χ4v) is 1.46. The third kappa shape index (κ3) is 2.54. The van der Waals surface area contributed by atoms with E-state index in [1.165, 1.54) is 4.68 Å². The first-order valence-electron chi connectivity index (χ1n) is 5.12. The molecule has 0 saturated carbocycles. The number of hydrogen-bond acceptors (Lipinski definition) is 3. The largest absolute Gasteiger partial charge is 0.396 e. The van der Waals surface area contributed by atoms with Gasteiger partial charge in [-0.2, -0.15) is 5.10 Å². The number of aryl methyl sites for hydroxylation is 1. The van der Waals surface area contributed by atoms with Crippen molar-refractivity contribution in [2.75, 3.05) is 18.8 Å². The lowest BCUT2D eigenvalue weighted by Crippen LogP contribution is -2.33. The highest BCUT2D eigenvalue weighted by atomic mass is 16.2. The number of hydrogen-bond donors (Lipinski definition) is 1. The first-order chi connectivity index (χ1) is 7.60. The van der Waals surface area contributed by atoms with Crippen LogP contribution in [0, 0.1) is 12.3 Å². The number of aromatic nitrogens is 2. The van der Waals surface area contributed by atoms with Crippen molar-refractivity contribution in [3.8, 4) is 12.3 Å². The molecule has 0 aromatic carbocycles. The Kier molecular flexibility index (Phi) is 3.95.